The Hall–Kier alpha value is -2.27. The van der Waals surface area contributed by atoms with Crippen LogP contribution in [0.25, 0.3) is 11.3 Å². The second kappa shape index (κ2) is 7.53. The maximum absolute atomic E-state index is 12.4. The largest absolute Gasteiger partial charge is 0.379 e. The SMILES string of the molecule is CCCc1cc(-c2cccc(C(=O)N[C@@H]3CCOC3)c2)nc(C)n1. The van der Waals surface area contributed by atoms with Gasteiger partial charge in [-0.05, 0) is 38.0 Å². The van der Waals surface area contributed by atoms with Gasteiger partial charge in [-0.25, -0.2) is 9.97 Å². The topological polar surface area (TPSA) is 64.1 Å². The van der Waals surface area contributed by atoms with E-state index in [2.05, 4.69) is 22.2 Å². The molecular formula is C19H23N3O2. The lowest BCUT2D eigenvalue weighted by Crippen LogP contribution is -2.34. The summed E-state index contributed by atoms with van der Waals surface area (Å²) < 4.78 is 5.30. The van der Waals surface area contributed by atoms with E-state index < -0.39 is 0 Å². The van der Waals surface area contributed by atoms with Gasteiger partial charge in [0.1, 0.15) is 5.82 Å². The summed E-state index contributed by atoms with van der Waals surface area (Å²) in [5.74, 6) is 0.695. The molecule has 126 valence electrons. The van der Waals surface area contributed by atoms with Crippen molar-refractivity contribution in [2.24, 2.45) is 0 Å². The van der Waals surface area contributed by atoms with E-state index >= 15 is 0 Å². The van der Waals surface area contributed by atoms with Crippen molar-refractivity contribution in [2.45, 2.75) is 39.2 Å². The smallest absolute Gasteiger partial charge is 0.251 e. The van der Waals surface area contributed by atoms with Gasteiger partial charge in [0.2, 0.25) is 0 Å². The lowest BCUT2D eigenvalue weighted by molar-refractivity contribution is 0.0930. The number of nitrogens with one attached hydrogen (secondary N) is 1. The van der Waals surface area contributed by atoms with Crippen molar-refractivity contribution < 1.29 is 9.53 Å². The maximum Gasteiger partial charge on any atom is 0.251 e. The zero-order valence-corrected chi connectivity index (χ0v) is 14.2. The molecule has 0 aliphatic carbocycles. The van der Waals surface area contributed by atoms with Gasteiger partial charge in [-0.2, -0.15) is 0 Å². The molecular weight excluding hydrogens is 302 g/mol. The molecule has 0 unspecified atom stereocenters. The minimum atomic E-state index is -0.0630. The van der Waals surface area contributed by atoms with E-state index in [-0.39, 0.29) is 11.9 Å². The highest BCUT2D eigenvalue weighted by molar-refractivity contribution is 5.95. The van der Waals surface area contributed by atoms with Gasteiger partial charge in [-0.3, -0.25) is 4.79 Å². The summed E-state index contributed by atoms with van der Waals surface area (Å²) in [5, 5.41) is 3.02. The van der Waals surface area contributed by atoms with Crippen LogP contribution in [0.1, 0.15) is 41.6 Å². The van der Waals surface area contributed by atoms with Crippen molar-refractivity contribution in [2.75, 3.05) is 13.2 Å². The molecule has 5 heteroatoms. The van der Waals surface area contributed by atoms with Crippen LogP contribution in [0.15, 0.2) is 30.3 Å². The second-order valence-corrected chi connectivity index (χ2v) is 6.16. The Kier molecular flexibility index (Phi) is 5.20. The lowest BCUT2D eigenvalue weighted by atomic mass is 10.1. The molecule has 0 saturated carbocycles. The fourth-order valence-corrected chi connectivity index (χ4v) is 2.90. The number of carbonyl (C=O) groups is 1. The predicted molar refractivity (Wildman–Crippen MR) is 92.9 cm³/mol. The van der Waals surface area contributed by atoms with Crippen molar-refractivity contribution in [1.29, 1.82) is 0 Å². The second-order valence-electron chi connectivity index (χ2n) is 6.16. The van der Waals surface area contributed by atoms with E-state index in [1.807, 2.05) is 37.3 Å². The number of aromatic nitrogens is 2. The number of ether oxygens (including phenoxy) is 1. The molecule has 1 fully saturated rings. The Morgan fingerprint density at radius 3 is 2.96 bits per heavy atom. The average Bonchev–Trinajstić information content (AvgIpc) is 3.08. The highest BCUT2D eigenvalue weighted by Gasteiger charge is 2.18. The van der Waals surface area contributed by atoms with Crippen LogP contribution in [0.2, 0.25) is 0 Å². The van der Waals surface area contributed by atoms with Crippen LogP contribution in [-0.2, 0) is 11.2 Å². The van der Waals surface area contributed by atoms with Gasteiger partial charge in [0.25, 0.3) is 5.91 Å². The first-order chi connectivity index (χ1) is 11.7. The van der Waals surface area contributed by atoms with E-state index in [1.165, 1.54) is 0 Å². The quantitative estimate of drug-likeness (QED) is 0.918. The first kappa shape index (κ1) is 16.6. The highest BCUT2D eigenvalue weighted by Crippen LogP contribution is 2.20. The molecule has 5 nitrogen and oxygen atoms in total. The third-order valence-electron chi connectivity index (χ3n) is 4.08. The lowest BCUT2D eigenvalue weighted by Gasteiger charge is -2.11. The molecule has 1 aromatic carbocycles. The number of aryl methyl sites for hydroxylation is 2. The van der Waals surface area contributed by atoms with Crippen molar-refractivity contribution in [1.82, 2.24) is 15.3 Å². The third-order valence-corrected chi connectivity index (χ3v) is 4.08. The minimum Gasteiger partial charge on any atom is -0.379 e. The number of rotatable bonds is 5. The van der Waals surface area contributed by atoms with E-state index in [0.29, 0.717) is 18.8 Å². The standard InChI is InChI=1S/C19H23N3O2/c1-3-5-16-11-18(21-13(2)20-16)14-6-4-7-15(10-14)19(23)22-17-8-9-24-12-17/h4,6-7,10-11,17H,3,5,8-9,12H2,1-2H3,(H,22,23)/t17-/m1/s1. The van der Waals surface area contributed by atoms with Crippen molar-refractivity contribution in [3.63, 3.8) is 0 Å². The van der Waals surface area contributed by atoms with Crippen molar-refractivity contribution in [3.05, 3.63) is 47.4 Å². The maximum atomic E-state index is 12.4. The van der Waals surface area contributed by atoms with Crippen LogP contribution in [0.3, 0.4) is 0 Å². The molecule has 1 saturated heterocycles. The molecule has 1 aliphatic rings. The van der Waals surface area contributed by atoms with Crippen molar-refractivity contribution in [3.8, 4) is 11.3 Å². The van der Waals surface area contributed by atoms with E-state index in [9.17, 15) is 4.79 Å². The van der Waals surface area contributed by atoms with Crippen LogP contribution in [0, 0.1) is 6.92 Å². The minimum absolute atomic E-state index is 0.0630. The monoisotopic (exact) mass is 325 g/mol. The number of amides is 1. The summed E-state index contributed by atoms with van der Waals surface area (Å²) in [6.07, 6.45) is 2.84. The first-order valence-electron chi connectivity index (χ1n) is 8.49. The molecule has 0 bridgehead atoms. The Morgan fingerprint density at radius 2 is 2.21 bits per heavy atom. The fraction of sp³-hybridized carbons (Fsp3) is 0.421. The Morgan fingerprint density at radius 1 is 1.33 bits per heavy atom. The average molecular weight is 325 g/mol. The molecule has 0 radical (unpaired) electrons. The van der Waals surface area contributed by atoms with Gasteiger partial charge in [0.05, 0.1) is 18.3 Å². The summed E-state index contributed by atoms with van der Waals surface area (Å²) >= 11 is 0. The van der Waals surface area contributed by atoms with Gasteiger partial charge in [0.15, 0.2) is 0 Å². The molecule has 24 heavy (non-hydrogen) atoms. The zero-order chi connectivity index (χ0) is 16.9. The summed E-state index contributed by atoms with van der Waals surface area (Å²) in [4.78, 5) is 21.4. The number of carbonyl (C=O) groups excluding carboxylic acids is 1. The molecule has 0 spiro atoms. The fourth-order valence-electron chi connectivity index (χ4n) is 2.90. The van der Waals surface area contributed by atoms with E-state index in [4.69, 9.17) is 4.74 Å². The molecule has 1 aromatic heterocycles. The van der Waals surface area contributed by atoms with Crippen LogP contribution < -0.4 is 5.32 Å². The molecule has 1 atom stereocenters. The highest BCUT2D eigenvalue weighted by atomic mass is 16.5. The van der Waals surface area contributed by atoms with Gasteiger partial charge in [-0.15, -0.1) is 0 Å². The number of hydrogen-bond acceptors (Lipinski definition) is 4. The molecule has 1 N–H and O–H groups in total. The van der Waals surface area contributed by atoms with Gasteiger partial charge >= 0.3 is 0 Å². The molecule has 2 heterocycles. The summed E-state index contributed by atoms with van der Waals surface area (Å²) in [6.45, 7) is 5.34. The number of hydrogen-bond donors (Lipinski definition) is 1. The van der Waals surface area contributed by atoms with Crippen molar-refractivity contribution >= 4 is 5.91 Å². The molecule has 2 aromatic rings. The Bertz CT molecular complexity index is 724. The van der Waals surface area contributed by atoms with Gasteiger partial charge in [0, 0.05) is 23.4 Å². The molecule has 3 rings (SSSR count). The van der Waals surface area contributed by atoms with E-state index in [0.717, 1.165) is 42.0 Å². The molecule has 1 aliphatic heterocycles. The van der Waals surface area contributed by atoms with E-state index in [1.54, 1.807) is 0 Å². The van der Waals surface area contributed by atoms with Crippen LogP contribution in [0.4, 0.5) is 0 Å². The predicted octanol–water partition coefficient (Wildman–Crippen LogP) is 2.92. The van der Waals surface area contributed by atoms with Gasteiger partial charge in [-0.1, -0.05) is 25.5 Å². The molecule has 1 amide bonds. The van der Waals surface area contributed by atoms with Crippen LogP contribution in [0.5, 0.6) is 0 Å². The Balaban J connectivity index is 1.83. The Labute approximate surface area is 142 Å². The number of benzene rings is 1. The summed E-state index contributed by atoms with van der Waals surface area (Å²) in [6, 6.07) is 9.72. The summed E-state index contributed by atoms with van der Waals surface area (Å²) in [7, 11) is 0. The normalized spacial score (nSPS) is 17.0. The summed E-state index contributed by atoms with van der Waals surface area (Å²) in [5.41, 5.74) is 3.49. The zero-order valence-electron chi connectivity index (χ0n) is 14.2. The van der Waals surface area contributed by atoms with Crippen LogP contribution in [-0.4, -0.2) is 35.1 Å². The third kappa shape index (κ3) is 3.97. The number of nitrogens with zero attached hydrogens (tertiary/aromatic N) is 2. The van der Waals surface area contributed by atoms with Crippen LogP contribution >= 0.6 is 0 Å². The first-order valence-corrected chi connectivity index (χ1v) is 8.49. The van der Waals surface area contributed by atoms with Gasteiger partial charge < -0.3 is 10.1 Å².